The number of halogens is 1. The zero-order chi connectivity index (χ0) is 24.8. The number of anilines is 2. The topological polar surface area (TPSA) is 79.0 Å². The fourth-order valence-electron chi connectivity index (χ4n) is 4.00. The molecule has 2 amide bonds. The van der Waals surface area contributed by atoms with Crippen LogP contribution in [0, 0.1) is 0 Å². The van der Waals surface area contributed by atoms with Crippen LogP contribution in [0.15, 0.2) is 77.3 Å². The highest BCUT2D eigenvalue weighted by Crippen LogP contribution is 2.30. The molecule has 4 rings (SSSR count). The lowest BCUT2D eigenvalue weighted by Crippen LogP contribution is -2.49. The zero-order valence-corrected chi connectivity index (χ0v) is 21.0. The number of ether oxygens (including phenoxy) is 1. The molecule has 0 aromatic heterocycles. The smallest absolute Gasteiger partial charge is 0.338 e. The van der Waals surface area contributed by atoms with E-state index in [1.807, 2.05) is 47.4 Å². The second-order valence-electron chi connectivity index (χ2n) is 8.03. The molecule has 8 heteroatoms. The van der Waals surface area contributed by atoms with Gasteiger partial charge < -0.3 is 19.9 Å². The third kappa shape index (κ3) is 5.71. The average molecular weight is 536 g/mol. The van der Waals surface area contributed by atoms with Crippen LogP contribution in [0.5, 0.6) is 0 Å². The second kappa shape index (κ2) is 11.2. The Bertz CT molecular complexity index is 1220. The number of carbonyl (C=O) groups excluding carboxylic acids is 3. The predicted molar refractivity (Wildman–Crippen MR) is 139 cm³/mol. The van der Waals surface area contributed by atoms with Crippen LogP contribution in [0.3, 0.4) is 0 Å². The summed E-state index contributed by atoms with van der Waals surface area (Å²) < 4.78 is 5.82. The monoisotopic (exact) mass is 535 g/mol. The molecular formula is C27H26BrN3O4. The van der Waals surface area contributed by atoms with Crippen LogP contribution in [-0.2, 0) is 4.74 Å². The SMILES string of the molecule is CCOC(=O)c1ccc(N2CCN(C(=O)c3ccccc3)CC2)c(NC(=O)c2ccccc2Br)c1. The van der Waals surface area contributed by atoms with Gasteiger partial charge in [0.1, 0.15) is 0 Å². The first kappa shape index (κ1) is 24.5. The van der Waals surface area contributed by atoms with Crippen molar-refractivity contribution in [3.8, 4) is 0 Å². The summed E-state index contributed by atoms with van der Waals surface area (Å²) in [7, 11) is 0. The Kier molecular flexibility index (Phi) is 7.82. The number of hydrogen-bond donors (Lipinski definition) is 1. The van der Waals surface area contributed by atoms with E-state index in [1.165, 1.54) is 0 Å². The average Bonchev–Trinajstić information content (AvgIpc) is 2.89. The van der Waals surface area contributed by atoms with Gasteiger partial charge in [-0.05, 0) is 65.3 Å². The predicted octanol–water partition coefficient (Wildman–Crippen LogP) is 4.84. The van der Waals surface area contributed by atoms with Crippen LogP contribution in [0.25, 0.3) is 0 Å². The number of nitrogens with zero attached hydrogens (tertiary/aromatic N) is 2. The number of amides is 2. The lowest BCUT2D eigenvalue weighted by Gasteiger charge is -2.37. The van der Waals surface area contributed by atoms with Gasteiger partial charge in [0, 0.05) is 36.2 Å². The molecule has 0 spiro atoms. The molecule has 1 N–H and O–H groups in total. The molecule has 35 heavy (non-hydrogen) atoms. The maximum atomic E-state index is 13.0. The largest absolute Gasteiger partial charge is 0.462 e. The molecule has 0 bridgehead atoms. The van der Waals surface area contributed by atoms with E-state index in [4.69, 9.17) is 4.74 Å². The van der Waals surface area contributed by atoms with Crippen molar-refractivity contribution in [2.24, 2.45) is 0 Å². The Morgan fingerprint density at radius 2 is 1.57 bits per heavy atom. The van der Waals surface area contributed by atoms with E-state index >= 15 is 0 Å². The van der Waals surface area contributed by atoms with Crippen LogP contribution >= 0.6 is 15.9 Å². The highest BCUT2D eigenvalue weighted by Gasteiger charge is 2.25. The molecule has 3 aromatic rings. The minimum atomic E-state index is -0.450. The van der Waals surface area contributed by atoms with Crippen molar-refractivity contribution in [1.29, 1.82) is 0 Å². The fourth-order valence-corrected chi connectivity index (χ4v) is 4.47. The Hall–Kier alpha value is -3.65. The maximum Gasteiger partial charge on any atom is 0.338 e. The minimum absolute atomic E-state index is 0.00497. The summed E-state index contributed by atoms with van der Waals surface area (Å²) >= 11 is 3.42. The molecule has 180 valence electrons. The van der Waals surface area contributed by atoms with Gasteiger partial charge in [-0.15, -0.1) is 0 Å². The van der Waals surface area contributed by atoms with Crippen LogP contribution in [0.4, 0.5) is 11.4 Å². The third-order valence-electron chi connectivity index (χ3n) is 5.80. The molecule has 0 saturated carbocycles. The van der Waals surface area contributed by atoms with Crippen LogP contribution in [0.2, 0.25) is 0 Å². The van der Waals surface area contributed by atoms with Crippen LogP contribution in [-0.4, -0.2) is 55.5 Å². The van der Waals surface area contributed by atoms with E-state index in [0.717, 1.165) is 5.69 Å². The van der Waals surface area contributed by atoms with Crippen molar-refractivity contribution >= 4 is 45.1 Å². The highest BCUT2D eigenvalue weighted by molar-refractivity contribution is 9.10. The summed E-state index contributed by atoms with van der Waals surface area (Å²) in [6, 6.07) is 21.5. The standard InChI is InChI=1S/C27H26BrN3O4/c1-2-35-27(34)20-12-13-24(23(18-20)29-25(32)21-10-6-7-11-22(21)28)30-14-16-31(17-15-30)26(33)19-8-4-3-5-9-19/h3-13,18H,2,14-17H2,1H3,(H,29,32). The van der Waals surface area contributed by atoms with E-state index in [-0.39, 0.29) is 18.4 Å². The summed E-state index contributed by atoms with van der Waals surface area (Å²) in [5, 5.41) is 2.96. The molecule has 1 heterocycles. The Morgan fingerprint density at radius 3 is 2.26 bits per heavy atom. The van der Waals surface area contributed by atoms with E-state index in [9.17, 15) is 14.4 Å². The summed E-state index contributed by atoms with van der Waals surface area (Å²) in [6.07, 6.45) is 0. The van der Waals surface area contributed by atoms with E-state index in [0.29, 0.717) is 53.0 Å². The van der Waals surface area contributed by atoms with Crippen LogP contribution < -0.4 is 10.2 Å². The summed E-state index contributed by atoms with van der Waals surface area (Å²) in [5.41, 5.74) is 2.81. The fraction of sp³-hybridized carbons (Fsp3) is 0.222. The van der Waals surface area contributed by atoms with Crippen LogP contribution in [0.1, 0.15) is 38.0 Å². The summed E-state index contributed by atoms with van der Waals surface area (Å²) in [4.78, 5) is 42.2. The van der Waals surface area contributed by atoms with Gasteiger partial charge in [0.15, 0.2) is 0 Å². The van der Waals surface area contributed by atoms with Gasteiger partial charge in [-0.25, -0.2) is 4.79 Å². The van der Waals surface area contributed by atoms with Gasteiger partial charge in [-0.2, -0.15) is 0 Å². The molecular weight excluding hydrogens is 510 g/mol. The molecule has 1 aliphatic heterocycles. The van der Waals surface area contributed by atoms with Crippen molar-refractivity contribution in [1.82, 2.24) is 4.90 Å². The first-order valence-corrected chi connectivity index (χ1v) is 12.2. The molecule has 1 aliphatic rings. The molecule has 0 atom stereocenters. The molecule has 1 saturated heterocycles. The number of benzene rings is 3. The molecule has 1 fully saturated rings. The number of rotatable bonds is 6. The van der Waals surface area contributed by atoms with Gasteiger partial charge in [-0.1, -0.05) is 30.3 Å². The quantitative estimate of drug-likeness (QED) is 0.457. The van der Waals surface area contributed by atoms with Gasteiger partial charge in [0.05, 0.1) is 29.1 Å². The van der Waals surface area contributed by atoms with E-state index in [2.05, 4.69) is 26.1 Å². The molecule has 0 unspecified atom stereocenters. The third-order valence-corrected chi connectivity index (χ3v) is 6.49. The highest BCUT2D eigenvalue weighted by atomic mass is 79.9. The summed E-state index contributed by atoms with van der Waals surface area (Å²) in [5.74, 6) is -0.739. The normalized spacial score (nSPS) is 13.3. The van der Waals surface area contributed by atoms with E-state index in [1.54, 1.807) is 37.3 Å². The summed E-state index contributed by atoms with van der Waals surface area (Å²) in [6.45, 7) is 4.29. The number of piperazine rings is 1. The van der Waals surface area contributed by atoms with Crippen molar-refractivity contribution in [3.63, 3.8) is 0 Å². The van der Waals surface area contributed by atoms with E-state index < -0.39 is 5.97 Å². The van der Waals surface area contributed by atoms with Gasteiger partial charge >= 0.3 is 5.97 Å². The second-order valence-corrected chi connectivity index (χ2v) is 8.89. The number of hydrogen-bond acceptors (Lipinski definition) is 5. The molecule has 0 aliphatic carbocycles. The molecule has 7 nitrogen and oxygen atoms in total. The first-order chi connectivity index (χ1) is 17.0. The molecule has 3 aromatic carbocycles. The Morgan fingerprint density at radius 1 is 0.886 bits per heavy atom. The Labute approximate surface area is 212 Å². The number of esters is 1. The van der Waals surface area contributed by atoms with Gasteiger partial charge in [0.25, 0.3) is 11.8 Å². The number of carbonyl (C=O) groups is 3. The lowest BCUT2D eigenvalue weighted by molar-refractivity contribution is 0.0526. The first-order valence-electron chi connectivity index (χ1n) is 11.4. The van der Waals surface area contributed by atoms with Crippen molar-refractivity contribution in [2.75, 3.05) is 43.0 Å². The zero-order valence-electron chi connectivity index (χ0n) is 19.4. The minimum Gasteiger partial charge on any atom is -0.462 e. The van der Waals surface area contributed by atoms with Crippen molar-refractivity contribution < 1.29 is 19.1 Å². The van der Waals surface area contributed by atoms with Crippen molar-refractivity contribution in [3.05, 3.63) is 94.0 Å². The molecule has 0 radical (unpaired) electrons. The van der Waals surface area contributed by atoms with Gasteiger partial charge in [-0.3, -0.25) is 9.59 Å². The maximum absolute atomic E-state index is 13.0. The lowest BCUT2D eigenvalue weighted by atomic mass is 10.1. The van der Waals surface area contributed by atoms with Crippen molar-refractivity contribution in [2.45, 2.75) is 6.92 Å². The Balaban J connectivity index is 1.56. The van der Waals surface area contributed by atoms with Gasteiger partial charge in [0.2, 0.25) is 0 Å². The number of nitrogens with one attached hydrogen (secondary N) is 1.